The van der Waals surface area contributed by atoms with E-state index in [0.29, 0.717) is 0 Å². The number of aryl methyl sites for hydroxylation is 1. The average Bonchev–Trinajstić information content (AvgIpc) is 2.65. The Morgan fingerprint density at radius 2 is 2.06 bits per heavy atom. The summed E-state index contributed by atoms with van der Waals surface area (Å²) in [6, 6.07) is 10.3. The van der Waals surface area contributed by atoms with Crippen LogP contribution in [0.1, 0.15) is 16.0 Å². The number of aliphatic imine (C=N–C) groups is 1. The van der Waals surface area contributed by atoms with Gasteiger partial charge in [-0.05, 0) is 36.1 Å². The maximum Gasteiger partial charge on any atom is 0.0930 e. The second kappa shape index (κ2) is 4.18. The Kier molecular flexibility index (Phi) is 2.53. The van der Waals surface area contributed by atoms with Gasteiger partial charge in [0.2, 0.25) is 0 Å². The van der Waals surface area contributed by atoms with Crippen LogP contribution in [-0.4, -0.2) is 6.34 Å². The SMILES string of the molecule is Cc1ccsc1C1=Cc2ccccc2N=CN1. The summed E-state index contributed by atoms with van der Waals surface area (Å²) in [5.41, 5.74) is 4.56. The maximum atomic E-state index is 4.39. The van der Waals surface area contributed by atoms with E-state index in [0.717, 1.165) is 16.9 Å². The highest BCUT2D eigenvalue weighted by molar-refractivity contribution is 7.11. The molecule has 1 aliphatic rings. The first-order valence-electron chi connectivity index (χ1n) is 5.49. The van der Waals surface area contributed by atoms with Gasteiger partial charge in [-0.15, -0.1) is 11.3 Å². The van der Waals surface area contributed by atoms with Gasteiger partial charge in [-0.2, -0.15) is 0 Å². The molecular weight excluding hydrogens is 228 g/mol. The molecule has 0 unspecified atom stereocenters. The van der Waals surface area contributed by atoms with Crippen molar-refractivity contribution in [3.05, 3.63) is 51.7 Å². The van der Waals surface area contributed by atoms with Gasteiger partial charge in [0.15, 0.2) is 0 Å². The van der Waals surface area contributed by atoms with Gasteiger partial charge in [0.05, 0.1) is 22.6 Å². The fourth-order valence-electron chi connectivity index (χ4n) is 1.88. The third-order valence-electron chi connectivity index (χ3n) is 2.77. The Morgan fingerprint density at radius 1 is 1.18 bits per heavy atom. The van der Waals surface area contributed by atoms with Gasteiger partial charge in [-0.25, -0.2) is 4.99 Å². The van der Waals surface area contributed by atoms with Gasteiger partial charge in [0.25, 0.3) is 0 Å². The van der Waals surface area contributed by atoms with Crippen LogP contribution in [-0.2, 0) is 0 Å². The highest BCUT2D eigenvalue weighted by Crippen LogP contribution is 2.29. The lowest BCUT2D eigenvalue weighted by atomic mass is 10.1. The molecule has 0 fully saturated rings. The molecule has 84 valence electrons. The zero-order valence-electron chi connectivity index (χ0n) is 9.47. The third kappa shape index (κ3) is 1.89. The normalized spacial score (nSPS) is 13.6. The van der Waals surface area contributed by atoms with E-state index in [-0.39, 0.29) is 0 Å². The van der Waals surface area contributed by atoms with Crippen molar-refractivity contribution in [1.29, 1.82) is 0 Å². The summed E-state index contributed by atoms with van der Waals surface area (Å²) < 4.78 is 0. The summed E-state index contributed by atoms with van der Waals surface area (Å²) in [4.78, 5) is 5.66. The van der Waals surface area contributed by atoms with E-state index in [2.05, 4.69) is 40.8 Å². The Hall–Kier alpha value is -1.87. The quantitative estimate of drug-likeness (QED) is 0.805. The Balaban J connectivity index is 2.13. The Bertz CT molecular complexity index is 608. The van der Waals surface area contributed by atoms with Crippen LogP contribution in [0, 0.1) is 6.92 Å². The van der Waals surface area contributed by atoms with Gasteiger partial charge in [-0.3, -0.25) is 0 Å². The smallest absolute Gasteiger partial charge is 0.0930 e. The number of hydrogen-bond acceptors (Lipinski definition) is 3. The number of hydrogen-bond donors (Lipinski definition) is 1. The van der Waals surface area contributed by atoms with Gasteiger partial charge < -0.3 is 5.32 Å². The molecule has 0 atom stereocenters. The molecule has 2 heterocycles. The molecule has 1 aliphatic heterocycles. The van der Waals surface area contributed by atoms with Crippen LogP contribution in [0.3, 0.4) is 0 Å². The fourth-order valence-corrected chi connectivity index (χ4v) is 2.78. The van der Waals surface area contributed by atoms with Crippen molar-refractivity contribution in [2.45, 2.75) is 6.92 Å². The second-order valence-corrected chi connectivity index (χ2v) is 4.87. The summed E-state index contributed by atoms with van der Waals surface area (Å²) in [5.74, 6) is 0. The molecule has 0 saturated heterocycles. The van der Waals surface area contributed by atoms with Crippen LogP contribution in [0.2, 0.25) is 0 Å². The number of benzene rings is 1. The van der Waals surface area contributed by atoms with E-state index >= 15 is 0 Å². The molecule has 0 spiro atoms. The average molecular weight is 240 g/mol. The van der Waals surface area contributed by atoms with Crippen LogP contribution in [0.15, 0.2) is 40.7 Å². The van der Waals surface area contributed by atoms with Gasteiger partial charge in [0, 0.05) is 5.56 Å². The van der Waals surface area contributed by atoms with Crippen molar-refractivity contribution in [2.24, 2.45) is 4.99 Å². The molecule has 0 amide bonds. The Morgan fingerprint density at radius 3 is 2.88 bits per heavy atom. The lowest BCUT2D eigenvalue weighted by Crippen LogP contribution is -2.07. The van der Waals surface area contributed by atoms with Crippen LogP contribution in [0.25, 0.3) is 11.8 Å². The van der Waals surface area contributed by atoms with E-state index in [1.807, 2.05) is 18.2 Å². The van der Waals surface area contributed by atoms with Crippen LogP contribution >= 0.6 is 11.3 Å². The number of para-hydroxylation sites is 1. The number of thiophene rings is 1. The van der Waals surface area contributed by atoms with Crippen molar-refractivity contribution in [3.8, 4) is 0 Å². The highest BCUT2D eigenvalue weighted by atomic mass is 32.1. The minimum atomic E-state index is 1.00. The maximum absolute atomic E-state index is 4.39. The van der Waals surface area contributed by atoms with Crippen molar-refractivity contribution in [2.75, 3.05) is 0 Å². The molecule has 1 N–H and O–H groups in total. The topological polar surface area (TPSA) is 24.4 Å². The molecule has 0 saturated carbocycles. The van der Waals surface area contributed by atoms with E-state index in [1.54, 1.807) is 17.7 Å². The first kappa shape index (κ1) is 10.3. The largest absolute Gasteiger partial charge is 0.345 e. The lowest BCUT2D eigenvalue weighted by Gasteiger charge is -2.04. The number of nitrogens with zero attached hydrogens (tertiary/aromatic N) is 1. The minimum Gasteiger partial charge on any atom is -0.345 e. The lowest BCUT2D eigenvalue weighted by molar-refractivity contribution is 1.34. The summed E-state index contributed by atoms with van der Waals surface area (Å²) in [6.45, 7) is 2.13. The van der Waals surface area contributed by atoms with Crippen molar-refractivity contribution in [1.82, 2.24) is 5.32 Å². The van der Waals surface area contributed by atoms with Crippen molar-refractivity contribution >= 4 is 35.1 Å². The molecule has 3 rings (SSSR count). The molecule has 17 heavy (non-hydrogen) atoms. The first-order chi connectivity index (χ1) is 8.34. The molecule has 0 radical (unpaired) electrons. The molecule has 2 nitrogen and oxygen atoms in total. The standard InChI is InChI=1S/C14H12N2S/c1-10-6-7-17-14(10)13-8-11-4-2-3-5-12(11)15-9-16-13/h2-9H,1H3,(H,15,16). The fraction of sp³-hybridized carbons (Fsp3) is 0.0714. The van der Waals surface area contributed by atoms with E-state index in [1.165, 1.54) is 10.4 Å². The molecule has 1 aromatic heterocycles. The molecule has 2 aromatic rings. The number of fused-ring (bicyclic) bond motifs is 1. The van der Waals surface area contributed by atoms with Gasteiger partial charge in [0.1, 0.15) is 0 Å². The Labute approximate surface area is 104 Å². The molecule has 1 aromatic carbocycles. The summed E-state index contributed by atoms with van der Waals surface area (Å²) in [7, 11) is 0. The van der Waals surface area contributed by atoms with Crippen molar-refractivity contribution < 1.29 is 0 Å². The summed E-state index contributed by atoms with van der Waals surface area (Å²) in [5, 5.41) is 5.36. The van der Waals surface area contributed by atoms with Crippen LogP contribution in [0.4, 0.5) is 5.69 Å². The van der Waals surface area contributed by atoms with E-state index in [4.69, 9.17) is 0 Å². The molecule has 0 bridgehead atoms. The van der Waals surface area contributed by atoms with E-state index in [9.17, 15) is 0 Å². The van der Waals surface area contributed by atoms with E-state index < -0.39 is 0 Å². The number of nitrogens with one attached hydrogen (secondary N) is 1. The summed E-state index contributed by atoms with van der Waals surface area (Å²) in [6.07, 6.45) is 3.91. The van der Waals surface area contributed by atoms with Crippen molar-refractivity contribution in [3.63, 3.8) is 0 Å². The zero-order chi connectivity index (χ0) is 11.7. The predicted molar refractivity (Wildman–Crippen MR) is 74.7 cm³/mol. The minimum absolute atomic E-state index is 1.00. The second-order valence-electron chi connectivity index (χ2n) is 3.95. The molecule has 0 aliphatic carbocycles. The summed E-state index contributed by atoms with van der Waals surface area (Å²) >= 11 is 1.75. The van der Waals surface area contributed by atoms with Gasteiger partial charge in [-0.1, -0.05) is 18.2 Å². The first-order valence-corrected chi connectivity index (χ1v) is 6.37. The molecule has 3 heteroatoms. The monoisotopic (exact) mass is 240 g/mol. The van der Waals surface area contributed by atoms with Gasteiger partial charge >= 0.3 is 0 Å². The van der Waals surface area contributed by atoms with Crippen LogP contribution < -0.4 is 5.32 Å². The molecular formula is C14H12N2S. The predicted octanol–water partition coefficient (Wildman–Crippen LogP) is 3.82. The van der Waals surface area contributed by atoms with Crippen LogP contribution in [0.5, 0.6) is 0 Å². The zero-order valence-corrected chi connectivity index (χ0v) is 10.3. The third-order valence-corrected chi connectivity index (χ3v) is 3.82. The number of rotatable bonds is 1. The highest BCUT2D eigenvalue weighted by Gasteiger charge is 2.09.